The van der Waals surface area contributed by atoms with Crippen LogP contribution in [0.25, 0.3) is 0 Å². The zero-order valence-corrected chi connectivity index (χ0v) is 7.11. The van der Waals surface area contributed by atoms with E-state index in [1.54, 1.807) is 0 Å². The van der Waals surface area contributed by atoms with Crippen molar-refractivity contribution in [3.8, 4) is 0 Å². The maximum atomic E-state index is 9.90. The third kappa shape index (κ3) is 7.78. The summed E-state index contributed by atoms with van der Waals surface area (Å²) in [6.07, 6.45) is 0. The van der Waals surface area contributed by atoms with Gasteiger partial charge in [-0.25, -0.2) is 9.90 Å². The first-order valence-electron chi connectivity index (χ1n) is 3.05. The molecule has 0 amide bonds. The van der Waals surface area contributed by atoms with E-state index < -0.39 is 5.97 Å². The summed E-state index contributed by atoms with van der Waals surface area (Å²) in [6, 6.07) is 0. The lowest BCUT2D eigenvalue weighted by Crippen LogP contribution is -2.15. The molecule has 0 unspecified atom stereocenters. The highest BCUT2D eigenvalue weighted by molar-refractivity contribution is 7.99. The molecule has 0 aliphatic heterocycles. The fourth-order valence-electron chi connectivity index (χ4n) is 0.403. The summed E-state index contributed by atoms with van der Waals surface area (Å²) in [5.74, 6) is -0.0294. The third-order valence-corrected chi connectivity index (χ3v) is 1.81. The molecule has 0 N–H and O–H groups in total. The van der Waals surface area contributed by atoms with Crippen LogP contribution in [0.5, 0.6) is 0 Å². The van der Waals surface area contributed by atoms with Gasteiger partial charge < -0.3 is 4.90 Å². The van der Waals surface area contributed by atoms with Gasteiger partial charge in [0.05, 0.1) is 5.75 Å². The topological polar surface area (TPSA) is 40.2 Å². The second-order valence-corrected chi connectivity index (χ2v) is 3.33. The molecule has 0 spiro atoms. The Balaban J connectivity index is 2.98. The van der Waals surface area contributed by atoms with Gasteiger partial charge in [0, 0.05) is 12.3 Å². The molecule has 0 saturated heterocycles. The second kappa shape index (κ2) is 5.56. The molecule has 0 heterocycles. The van der Waals surface area contributed by atoms with Crippen molar-refractivity contribution in [3.63, 3.8) is 0 Å². The lowest BCUT2D eigenvalue weighted by Gasteiger charge is -2.06. The van der Waals surface area contributed by atoms with Crippen LogP contribution in [0, 0.1) is 0 Å². The number of nitrogens with zero attached hydrogens (tertiary/aromatic N) is 1. The van der Waals surface area contributed by atoms with Crippen LogP contribution < -0.4 is 0 Å². The summed E-state index contributed by atoms with van der Waals surface area (Å²) in [4.78, 5) is 11.9. The standard InChI is InChI=1S/C6H12NO2S/c1-7(2)3-4-10-5-6(8)9/h3-5H2,1-2H3. The Labute approximate surface area is 65.4 Å². The van der Waals surface area contributed by atoms with Gasteiger partial charge in [0.1, 0.15) is 0 Å². The minimum Gasteiger partial charge on any atom is -0.309 e. The normalized spacial score (nSPS) is 10.3. The van der Waals surface area contributed by atoms with Crippen molar-refractivity contribution in [2.45, 2.75) is 0 Å². The highest BCUT2D eigenvalue weighted by Gasteiger charge is 1.98. The average Bonchev–Trinajstić information content (AvgIpc) is 1.79. The molecule has 0 fully saturated rings. The summed E-state index contributed by atoms with van der Waals surface area (Å²) in [5.41, 5.74) is 0. The Morgan fingerprint density at radius 1 is 1.50 bits per heavy atom. The molecular weight excluding hydrogens is 150 g/mol. The van der Waals surface area contributed by atoms with Gasteiger partial charge in [-0.15, -0.1) is 11.8 Å². The van der Waals surface area contributed by atoms with Gasteiger partial charge >= 0.3 is 5.97 Å². The summed E-state index contributed by atoms with van der Waals surface area (Å²) in [6.45, 7) is 0.915. The molecule has 0 atom stereocenters. The van der Waals surface area contributed by atoms with Gasteiger partial charge in [-0.05, 0) is 14.1 Å². The quantitative estimate of drug-likeness (QED) is 0.544. The maximum Gasteiger partial charge on any atom is 0.365 e. The summed E-state index contributed by atoms with van der Waals surface area (Å²) < 4.78 is 0. The lowest BCUT2D eigenvalue weighted by molar-refractivity contribution is -0.139. The zero-order valence-electron chi connectivity index (χ0n) is 6.29. The number of thioether (sulfide) groups is 1. The first-order chi connectivity index (χ1) is 4.63. The molecule has 10 heavy (non-hydrogen) atoms. The molecule has 1 radical (unpaired) electrons. The van der Waals surface area contributed by atoms with Crippen molar-refractivity contribution in [2.24, 2.45) is 0 Å². The predicted octanol–water partition coefficient (Wildman–Crippen LogP) is 0.238. The average molecular weight is 162 g/mol. The van der Waals surface area contributed by atoms with Crippen molar-refractivity contribution < 1.29 is 9.90 Å². The van der Waals surface area contributed by atoms with Crippen molar-refractivity contribution in [3.05, 3.63) is 0 Å². The molecule has 59 valence electrons. The van der Waals surface area contributed by atoms with Gasteiger partial charge in [0.15, 0.2) is 0 Å². The van der Waals surface area contributed by atoms with E-state index in [-0.39, 0.29) is 5.75 Å². The second-order valence-electron chi connectivity index (χ2n) is 2.23. The molecule has 0 aliphatic rings. The molecule has 0 bridgehead atoms. The van der Waals surface area contributed by atoms with Crippen LogP contribution in [0.2, 0.25) is 0 Å². The smallest absolute Gasteiger partial charge is 0.309 e. The van der Waals surface area contributed by atoms with E-state index in [1.165, 1.54) is 11.8 Å². The van der Waals surface area contributed by atoms with E-state index in [0.717, 1.165) is 12.3 Å². The molecule has 0 aliphatic carbocycles. The summed E-state index contributed by atoms with van der Waals surface area (Å²) in [5, 5.41) is 9.90. The van der Waals surface area contributed by atoms with Crippen LogP contribution in [0.15, 0.2) is 0 Å². The van der Waals surface area contributed by atoms with Crippen molar-refractivity contribution in [2.75, 3.05) is 32.1 Å². The van der Waals surface area contributed by atoms with E-state index in [0.29, 0.717) is 0 Å². The molecule has 0 aromatic heterocycles. The Morgan fingerprint density at radius 3 is 2.50 bits per heavy atom. The third-order valence-electron chi connectivity index (χ3n) is 0.903. The molecule has 0 aromatic rings. The summed E-state index contributed by atoms with van der Waals surface area (Å²) >= 11 is 1.39. The first-order valence-corrected chi connectivity index (χ1v) is 4.20. The molecule has 0 rings (SSSR count). The predicted molar refractivity (Wildman–Crippen MR) is 41.6 cm³/mol. The minimum atomic E-state index is -0.983. The van der Waals surface area contributed by atoms with Crippen molar-refractivity contribution in [1.29, 1.82) is 0 Å². The molecule has 0 saturated carbocycles. The van der Waals surface area contributed by atoms with E-state index in [4.69, 9.17) is 0 Å². The number of carbonyl (C=O) groups excluding carboxylic acids is 1. The highest BCUT2D eigenvalue weighted by atomic mass is 32.2. The van der Waals surface area contributed by atoms with Crippen LogP contribution in [-0.2, 0) is 9.90 Å². The van der Waals surface area contributed by atoms with E-state index in [2.05, 4.69) is 0 Å². The van der Waals surface area contributed by atoms with E-state index in [9.17, 15) is 9.90 Å². The van der Waals surface area contributed by atoms with Crippen LogP contribution >= 0.6 is 11.8 Å². The highest BCUT2D eigenvalue weighted by Crippen LogP contribution is 1.98. The molecule has 3 nitrogen and oxygen atoms in total. The SMILES string of the molecule is CN(C)CCSCC([O])=O. The molecule has 0 aromatic carbocycles. The first kappa shape index (κ1) is 9.78. The van der Waals surface area contributed by atoms with Crippen LogP contribution in [0.3, 0.4) is 0 Å². The minimum absolute atomic E-state index is 0.105. The van der Waals surface area contributed by atoms with Crippen LogP contribution in [0.1, 0.15) is 0 Å². The van der Waals surface area contributed by atoms with Gasteiger partial charge in [-0.2, -0.15) is 0 Å². The van der Waals surface area contributed by atoms with E-state index >= 15 is 0 Å². The van der Waals surface area contributed by atoms with Gasteiger partial charge in [0.2, 0.25) is 0 Å². The number of hydrogen-bond acceptors (Lipinski definition) is 3. The largest absolute Gasteiger partial charge is 0.365 e. The van der Waals surface area contributed by atoms with Gasteiger partial charge in [0.25, 0.3) is 0 Å². The Bertz CT molecular complexity index is 106. The van der Waals surface area contributed by atoms with Crippen LogP contribution in [0.4, 0.5) is 0 Å². The number of rotatable bonds is 5. The fraction of sp³-hybridized carbons (Fsp3) is 0.833. The number of carbonyl (C=O) groups is 1. The Hall–Kier alpha value is -0.220. The van der Waals surface area contributed by atoms with Gasteiger partial charge in [-0.3, -0.25) is 0 Å². The molecule has 4 heteroatoms. The van der Waals surface area contributed by atoms with Gasteiger partial charge in [-0.1, -0.05) is 0 Å². The summed E-state index contributed by atoms with van der Waals surface area (Å²) in [7, 11) is 3.92. The van der Waals surface area contributed by atoms with Crippen molar-refractivity contribution in [1.82, 2.24) is 4.90 Å². The number of hydrogen-bond donors (Lipinski definition) is 0. The maximum absolute atomic E-state index is 9.90. The van der Waals surface area contributed by atoms with Crippen molar-refractivity contribution >= 4 is 17.7 Å². The van der Waals surface area contributed by atoms with E-state index in [1.807, 2.05) is 19.0 Å². The lowest BCUT2D eigenvalue weighted by atomic mass is 10.7. The Morgan fingerprint density at radius 2 is 2.10 bits per heavy atom. The fourth-order valence-corrected chi connectivity index (χ4v) is 1.21. The zero-order chi connectivity index (χ0) is 7.98. The van der Waals surface area contributed by atoms with Crippen LogP contribution in [-0.4, -0.2) is 43.0 Å². The molecular formula is C6H12NO2S. The monoisotopic (exact) mass is 162 g/mol. The Kier molecular flexibility index (Phi) is 5.43.